The first-order chi connectivity index (χ1) is 7.20. The lowest BCUT2D eigenvalue weighted by Crippen LogP contribution is -2.43. The fraction of sp³-hybridized carbons (Fsp3) is 0.400. The van der Waals surface area contributed by atoms with Crippen LogP contribution in [-0.2, 0) is 0 Å². The van der Waals surface area contributed by atoms with E-state index in [0.717, 1.165) is 13.1 Å². The van der Waals surface area contributed by atoms with Gasteiger partial charge in [-0.2, -0.15) is 0 Å². The van der Waals surface area contributed by atoms with Gasteiger partial charge < -0.3 is 10.6 Å². The van der Waals surface area contributed by atoms with E-state index in [1.807, 2.05) is 0 Å². The summed E-state index contributed by atoms with van der Waals surface area (Å²) in [7, 11) is 0. The van der Waals surface area contributed by atoms with Crippen LogP contribution in [0.3, 0.4) is 0 Å². The van der Waals surface area contributed by atoms with Crippen LogP contribution in [0.15, 0.2) is 12.1 Å². The van der Waals surface area contributed by atoms with Gasteiger partial charge in [0.05, 0.1) is 10.0 Å². The molecule has 0 radical (unpaired) electrons. The molecule has 0 amide bonds. The van der Waals surface area contributed by atoms with Crippen LogP contribution in [-0.4, -0.2) is 19.6 Å². The number of hydrogen-bond donors (Lipinski definition) is 2. The molecule has 2 N–H and O–H groups in total. The Morgan fingerprint density at radius 3 is 2.73 bits per heavy atom. The van der Waals surface area contributed by atoms with E-state index >= 15 is 0 Å². The van der Waals surface area contributed by atoms with Crippen LogP contribution in [0.5, 0.6) is 0 Å². The maximum atomic E-state index is 13.6. The second-order valence-electron chi connectivity index (χ2n) is 3.47. The number of benzene rings is 1. The summed E-state index contributed by atoms with van der Waals surface area (Å²) in [5, 5.41) is 7.07. The molecule has 1 fully saturated rings. The van der Waals surface area contributed by atoms with E-state index in [2.05, 4.69) is 10.6 Å². The Balaban J connectivity index is 2.36. The molecule has 1 aliphatic heterocycles. The summed E-state index contributed by atoms with van der Waals surface area (Å²) in [5.74, 6) is -0.314. The standard InChI is InChI=1S/C10H11Cl2FN2/c11-6-1-2-7(13)9(10(6)12)8-5-14-3-4-15-8/h1-2,8,14-15H,3-5H2/t8-/m1/s1. The van der Waals surface area contributed by atoms with Gasteiger partial charge in [-0.3, -0.25) is 0 Å². The minimum Gasteiger partial charge on any atom is -0.314 e. The zero-order valence-corrected chi connectivity index (χ0v) is 9.50. The lowest BCUT2D eigenvalue weighted by molar-refractivity contribution is 0.417. The van der Waals surface area contributed by atoms with Gasteiger partial charge in [-0.1, -0.05) is 23.2 Å². The Labute approximate surface area is 97.8 Å². The molecule has 1 aromatic carbocycles. The monoisotopic (exact) mass is 248 g/mol. The predicted molar refractivity (Wildman–Crippen MR) is 60.0 cm³/mol. The number of hydrogen-bond acceptors (Lipinski definition) is 2. The fourth-order valence-electron chi connectivity index (χ4n) is 1.72. The summed E-state index contributed by atoms with van der Waals surface area (Å²) in [6.45, 7) is 2.35. The molecule has 15 heavy (non-hydrogen) atoms. The van der Waals surface area contributed by atoms with Crippen molar-refractivity contribution in [2.24, 2.45) is 0 Å². The van der Waals surface area contributed by atoms with Gasteiger partial charge in [-0.25, -0.2) is 4.39 Å². The van der Waals surface area contributed by atoms with Gasteiger partial charge in [0.2, 0.25) is 0 Å². The van der Waals surface area contributed by atoms with Crippen molar-refractivity contribution < 1.29 is 4.39 Å². The molecule has 2 nitrogen and oxygen atoms in total. The van der Waals surface area contributed by atoms with Crippen molar-refractivity contribution >= 4 is 23.2 Å². The topological polar surface area (TPSA) is 24.1 Å². The molecule has 0 unspecified atom stereocenters. The quantitative estimate of drug-likeness (QED) is 0.746. The first-order valence-corrected chi connectivity index (χ1v) is 5.53. The van der Waals surface area contributed by atoms with Crippen LogP contribution >= 0.6 is 23.2 Å². The fourth-order valence-corrected chi connectivity index (χ4v) is 2.17. The summed E-state index contributed by atoms with van der Waals surface area (Å²) in [4.78, 5) is 0. The Morgan fingerprint density at radius 1 is 1.27 bits per heavy atom. The lowest BCUT2D eigenvalue weighted by Gasteiger charge is -2.26. The van der Waals surface area contributed by atoms with Crippen LogP contribution in [0.2, 0.25) is 10.0 Å². The summed E-state index contributed by atoms with van der Waals surface area (Å²) in [5.41, 5.74) is 0.455. The predicted octanol–water partition coefficient (Wildman–Crippen LogP) is 2.37. The van der Waals surface area contributed by atoms with Gasteiger partial charge in [0.1, 0.15) is 5.82 Å². The van der Waals surface area contributed by atoms with Gasteiger partial charge in [0.25, 0.3) is 0 Å². The van der Waals surface area contributed by atoms with Crippen molar-refractivity contribution in [3.8, 4) is 0 Å². The van der Waals surface area contributed by atoms with Crippen molar-refractivity contribution in [1.82, 2.24) is 10.6 Å². The zero-order chi connectivity index (χ0) is 10.8. The Morgan fingerprint density at radius 2 is 2.07 bits per heavy atom. The van der Waals surface area contributed by atoms with Gasteiger partial charge in [-0.15, -0.1) is 0 Å². The molecule has 0 spiro atoms. The third-order valence-corrected chi connectivity index (χ3v) is 3.29. The van der Waals surface area contributed by atoms with E-state index in [1.54, 1.807) is 0 Å². The van der Waals surface area contributed by atoms with Gasteiger partial charge in [0, 0.05) is 31.2 Å². The molecule has 5 heteroatoms. The van der Waals surface area contributed by atoms with E-state index in [4.69, 9.17) is 23.2 Å². The molecule has 2 rings (SSSR count). The number of halogens is 3. The molecule has 1 heterocycles. The van der Waals surface area contributed by atoms with Crippen molar-refractivity contribution in [3.05, 3.63) is 33.6 Å². The first kappa shape index (κ1) is 11.1. The van der Waals surface area contributed by atoms with Crippen molar-refractivity contribution in [2.45, 2.75) is 6.04 Å². The third kappa shape index (κ3) is 2.26. The number of rotatable bonds is 1. The van der Waals surface area contributed by atoms with E-state index in [1.165, 1.54) is 12.1 Å². The molecule has 0 aliphatic carbocycles. The highest BCUT2D eigenvalue weighted by atomic mass is 35.5. The molecule has 0 aromatic heterocycles. The zero-order valence-electron chi connectivity index (χ0n) is 7.99. The third-order valence-electron chi connectivity index (χ3n) is 2.47. The highest BCUT2D eigenvalue weighted by Gasteiger charge is 2.22. The SMILES string of the molecule is Fc1ccc(Cl)c(Cl)c1[C@H]1CNCCN1. The summed E-state index contributed by atoms with van der Waals surface area (Å²) in [6, 6.07) is 2.71. The van der Waals surface area contributed by atoms with Crippen molar-refractivity contribution in [2.75, 3.05) is 19.6 Å². The Kier molecular flexibility index (Phi) is 3.46. The molecule has 82 valence electrons. The van der Waals surface area contributed by atoms with Crippen LogP contribution in [0.1, 0.15) is 11.6 Å². The molecule has 1 saturated heterocycles. The molecule has 0 bridgehead atoms. The second-order valence-corrected chi connectivity index (χ2v) is 4.25. The molecular weight excluding hydrogens is 238 g/mol. The van der Waals surface area contributed by atoms with E-state index in [9.17, 15) is 4.39 Å². The largest absolute Gasteiger partial charge is 0.314 e. The van der Waals surface area contributed by atoms with Crippen LogP contribution in [0.25, 0.3) is 0 Å². The van der Waals surface area contributed by atoms with Gasteiger partial charge >= 0.3 is 0 Å². The Hall–Kier alpha value is -0.350. The molecule has 1 atom stereocenters. The molecular formula is C10H11Cl2FN2. The Bertz CT molecular complexity index is 365. The molecule has 1 aliphatic rings. The second kappa shape index (κ2) is 4.66. The normalized spacial score (nSPS) is 21.7. The van der Waals surface area contributed by atoms with Gasteiger partial charge in [0.15, 0.2) is 0 Å². The first-order valence-electron chi connectivity index (χ1n) is 4.77. The maximum absolute atomic E-state index is 13.6. The summed E-state index contributed by atoms with van der Waals surface area (Å²) < 4.78 is 13.6. The van der Waals surface area contributed by atoms with E-state index < -0.39 is 0 Å². The summed E-state index contributed by atoms with van der Waals surface area (Å²) >= 11 is 11.9. The average Bonchev–Trinajstić information content (AvgIpc) is 2.26. The van der Waals surface area contributed by atoms with Crippen molar-refractivity contribution in [1.29, 1.82) is 0 Å². The van der Waals surface area contributed by atoms with Crippen LogP contribution in [0.4, 0.5) is 4.39 Å². The van der Waals surface area contributed by atoms with Crippen molar-refractivity contribution in [3.63, 3.8) is 0 Å². The minimum absolute atomic E-state index is 0.107. The minimum atomic E-state index is -0.314. The highest BCUT2D eigenvalue weighted by molar-refractivity contribution is 6.42. The van der Waals surface area contributed by atoms with Gasteiger partial charge in [-0.05, 0) is 12.1 Å². The number of piperazine rings is 1. The lowest BCUT2D eigenvalue weighted by atomic mass is 10.0. The number of nitrogens with one attached hydrogen (secondary N) is 2. The van der Waals surface area contributed by atoms with Crippen LogP contribution in [0, 0.1) is 5.82 Å². The van der Waals surface area contributed by atoms with Crippen LogP contribution < -0.4 is 10.6 Å². The average molecular weight is 249 g/mol. The van der Waals surface area contributed by atoms with E-state index in [-0.39, 0.29) is 11.9 Å². The smallest absolute Gasteiger partial charge is 0.129 e. The molecule has 1 aromatic rings. The maximum Gasteiger partial charge on any atom is 0.129 e. The molecule has 0 saturated carbocycles. The van der Waals surface area contributed by atoms with E-state index in [0.29, 0.717) is 22.2 Å². The summed E-state index contributed by atoms with van der Waals surface area (Å²) in [6.07, 6.45) is 0. The highest BCUT2D eigenvalue weighted by Crippen LogP contribution is 2.32.